The molecule has 0 aliphatic carbocycles. The van der Waals surface area contributed by atoms with E-state index in [-0.39, 0.29) is 42.2 Å². The highest BCUT2D eigenvalue weighted by molar-refractivity contribution is 7.80. The molecule has 1 aromatic heterocycles. The monoisotopic (exact) mass is 1130 g/mol. The molecule has 0 radical (unpaired) electrons. The minimum absolute atomic E-state index is 0.0528. The van der Waals surface area contributed by atoms with Crippen LogP contribution in [0.4, 0.5) is 24.3 Å². The summed E-state index contributed by atoms with van der Waals surface area (Å²) < 4.78 is 70.1. The van der Waals surface area contributed by atoms with Gasteiger partial charge in [-0.1, -0.05) is 17.3 Å². The lowest BCUT2D eigenvalue weighted by Gasteiger charge is -2.50. The molecule has 1 fully saturated rings. The second kappa shape index (κ2) is 23.8. The van der Waals surface area contributed by atoms with Gasteiger partial charge in [-0.05, 0) is 135 Å². The van der Waals surface area contributed by atoms with Crippen molar-refractivity contribution in [3.05, 3.63) is 40.9 Å². The zero-order chi connectivity index (χ0) is 58.4. The van der Waals surface area contributed by atoms with E-state index in [2.05, 4.69) is 30.4 Å². The lowest BCUT2D eigenvalue weighted by Crippen LogP contribution is -2.76. The smallest absolute Gasteiger partial charge is 0.418 e. The average Bonchev–Trinajstić information content (AvgIpc) is 3.89. The maximum Gasteiger partial charge on any atom is 0.418 e. The van der Waals surface area contributed by atoms with Gasteiger partial charge in [0.15, 0.2) is 10.8 Å². The number of benzene rings is 1. The zero-order valence-electron chi connectivity index (χ0n) is 46.3. The quantitative estimate of drug-likeness (QED) is 0.0360. The van der Waals surface area contributed by atoms with Crippen molar-refractivity contribution in [3.8, 4) is 5.75 Å². The van der Waals surface area contributed by atoms with Gasteiger partial charge in [0.1, 0.15) is 52.1 Å². The fourth-order valence-corrected chi connectivity index (χ4v) is 7.72. The molecular formula is C48H71N9O18S2. The second-order valence-electron chi connectivity index (χ2n) is 22.9. The summed E-state index contributed by atoms with van der Waals surface area (Å²) in [7, 11) is -5.13. The molecule has 3 heterocycles. The van der Waals surface area contributed by atoms with E-state index in [0.29, 0.717) is 10.6 Å². The van der Waals surface area contributed by atoms with E-state index in [4.69, 9.17) is 38.3 Å². The number of guanidine groups is 1. The third-order valence-corrected chi connectivity index (χ3v) is 10.7. The number of β-lactam (4-membered cyclic amide) rings is 1. The summed E-state index contributed by atoms with van der Waals surface area (Å²) in [6.45, 7) is 26.5. The number of esters is 1. The van der Waals surface area contributed by atoms with E-state index in [1.807, 2.05) is 0 Å². The number of ether oxygens (including phenoxy) is 6. The van der Waals surface area contributed by atoms with Gasteiger partial charge in [-0.3, -0.25) is 19.5 Å². The lowest BCUT2D eigenvalue weighted by molar-refractivity contribution is -0.218. The first-order valence-corrected chi connectivity index (χ1v) is 26.3. The molecule has 4 rings (SSSR count). The number of aromatic nitrogens is 1. The van der Waals surface area contributed by atoms with Gasteiger partial charge in [-0.15, -0.1) is 15.6 Å². The van der Waals surface area contributed by atoms with Crippen LogP contribution in [0.1, 0.15) is 135 Å². The van der Waals surface area contributed by atoms with Crippen LogP contribution < -0.4 is 20.7 Å². The molecule has 1 aromatic carbocycles. The summed E-state index contributed by atoms with van der Waals surface area (Å²) in [5, 5.41) is 13.1. The lowest BCUT2D eigenvalue weighted by atomic mass is 9.84. The fourth-order valence-electron chi connectivity index (χ4n) is 6.59. The van der Waals surface area contributed by atoms with Gasteiger partial charge in [0.05, 0.1) is 18.1 Å². The molecular weight excluding hydrogens is 1050 g/mol. The maximum atomic E-state index is 14.0. The van der Waals surface area contributed by atoms with Crippen molar-refractivity contribution in [2.45, 2.75) is 169 Å². The fraction of sp³-hybridized carbons (Fsp3) is 0.625. The molecule has 0 unspecified atom stereocenters. The molecule has 1 saturated heterocycles. The van der Waals surface area contributed by atoms with E-state index >= 15 is 0 Å². The maximum absolute atomic E-state index is 14.0. The van der Waals surface area contributed by atoms with Crippen molar-refractivity contribution < 1.29 is 84.1 Å². The highest BCUT2D eigenvalue weighted by atomic mass is 32.3. The van der Waals surface area contributed by atoms with Crippen LogP contribution in [0.15, 0.2) is 39.8 Å². The Morgan fingerprint density at radius 3 is 1.92 bits per heavy atom. The number of amides is 6. The van der Waals surface area contributed by atoms with Crippen LogP contribution in [0.2, 0.25) is 0 Å². The van der Waals surface area contributed by atoms with E-state index < -0.39 is 117 Å². The van der Waals surface area contributed by atoms with Crippen LogP contribution in [0, 0.1) is 0 Å². The van der Waals surface area contributed by atoms with Crippen molar-refractivity contribution >= 4 is 80.7 Å². The molecule has 3 atom stereocenters. The van der Waals surface area contributed by atoms with E-state index in [1.165, 1.54) is 36.3 Å². The van der Waals surface area contributed by atoms with Crippen molar-refractivity contribution in [2.24, 2.45) is 10.1 Å². The molecule has 428 valence electrons. The number of oxime groups is 1. The highest BCUT2D eigenvalue weighted by Gasteiger charge is 2.58. The molecule has 2 aliphatic heterocycles. The molecule has 2 aromatic rings. The average molecular weight is 1130 g/mol. The van der Waals surface area contributed by atoms with Gasteiger partial charge < -0.3 is 43.9 Å². The molecule has 0 saturated carbocycles. The number of nitrogens with zero attached hydrogens (tertiary/aromatic N) is 6. The number of rotatable bonds is 16. The Labute approximate surface area is 451 Å². The molecule has 2 aliphatic rings. The van der Waals surface area contributed by atoms with Crippen LogP contribution in [-0.2, 0) is 57.6 Å². The normalized spacial score (nSPS) is 17.5. The second-order valence-corrected chi connectivity index (χ2v) is 24.8. The number of carbonyl (C=O) groups excluding carboxylic acids is 7. The Morgan fingerprint density at radius 1 is 0.831 bits per heavy atom. The number of carbonyl (C=O) groups is 7. The van der Waals surface area contributed by atoms with E-state index in [1.54, 1.807) is 116 Å². The summed E-state index contributed by atoms with van der Waals surface area (Å²) in [5.41, 5.74) is -6.49. The summed E-state index contributed by atoms with van der Waals surface area (Å²) in [6.07, 6.45) is -4.97. The number of hydroxylamine groups is 2. The molecule has 4 N–H and O–H groups in total. The van der Waals surface area contributed by atoms with Gasteiger partial charge >= 0.3 is 40.7 Å². The van der Waals surface area contributed by atoms with Gasteiger partial charge in [-0.25, -0.2) is 43.7 Å². The predicted molar refractivity (Wildman–Crippen MR) is 277 cm³/mol. The van der Waals surface area contributed by atoms with Crippen molar-refractivity contribution in [1.29, 1.82) is 0 Å². The number of anilines is 1. The Morgan fingerprint density at radius 2 is 1.39 bits per heavy atom. The molecule has 29 heteroatoms. The van der Waals surface area contributed by atoms with Crippen LogP contribution in [0.25, 0.3) is 0 Å². The summed E-state index contributed by atoms with van der Waals surface area (Å²) in [6, 6.07) is 4.09. The number of nitrogens with one attached hydrogen (secondary N) is 3. The standard InChI is InChI=1S/C48H71N9O18S2/c1-43(2,3)69-36(60)31(74-54-32(30-26-76-37(50-30)53-40(62)71-45(7,8)9)34(58)52-33-35(59)57(48(33,16)17)75-77(65,66)67)25-68-28-20-18-27(19-21-28)29-24-56(42(64)73-47(13,14)15)38(51-29)55(41(63)72-46(10,11)12)23-22-49-39(61)70-44(4,5)6/h18-21,26,29,31,33H,22-25H2,1-17H3,(H,49,61)(H,52,58)(H,50,53,62)(H,65,66,67)/b54-32-/t29-,31+,33-/m1/s1. The molecule has 0 spiro atoms. The van der Waals surface area contributed by atoms with Crippen molar-refractivity contribution in [1.82, 2.24) is 30.5 Å². The molecule has 0 bridgehead atoms. The first-order valence-electron chi connectivity index (χ1n) is 24.0. The highest BCUT2D eigenvalue weighted by Crippen LogP contribution is 2.34. The van der Waals surface area contributed by atoms with Crippen LogP contribution >= 0.6 is 11.3 Å². The number of aliphatic imine (C=N–C) groups is 1. The Kier molecular flexibility index (Phi) is 19.4. The number of thiazole rings is 1. The molecule has 6 amide bonds. The van der Waals surface area contributed by atoms with Gasteiger partial charge in [0.2, 0.25) is 5.96 Å². The van der Waals surface area contributed by atoms with E-state index in [9.17, 15) is 46.5 Å². The topological polar surface area (TPSA) is 331 Å². The van der Waals surface area contributed by atoms with E-state index in [0.717, 1.165) is 16.2 Å². The van der Waals surface area contributed by atoms with Crippen molar-refractivity contribution in [2.75, 3.05) is 31.6 Å². The minimum atomic E-state index is -5.13. The third-order valence-electron chi connectivity index (χ3n) is 9.64. The third kappa shape index (κ3) is 19.6. The largest absolute Gasteiger partial charge is 0.489 e. The number of alkyl carbamates (subject to hydrolysis) is 1. The molecule has 27 nitrogen and oxygen atoms in total. The predicted octanol–water partition coefficient (Wildman–Crippen LogP) is 6.25. The number of hydrogen-bond acceptors (Lipinski definition) is 21. The Hall–Kier alpha value is -6.85. The minimum Gasteiger partial charge on any atom is -0.489 e. The summed E-state index contributed by atoms with van der Waals surface area (Å²) in [4.78, 5) is 110. The molecule has 77 heavy (non-hydrogen) atoms. The summed E-state index contributed by atoms with van der Waals surface area (Å²) >= 11 is 0.855. The SMILES string of the molecule is CC(C)(C)OC(=O)NCCN(C(=O)OC(C)(C)C)C1=N[C@@H](c2ccc(OC[C@H](O/N=C(\C(=O)N[C@@H]3C(=O)N(OS(=O)(=O)O)C3(C)C)c3csc(NC(=O)OC(C)(C)C)n3)C(=O)OC(C)(C)C)cc2)CN1C(=O)OC(C)(C)C. The Balaban J connectivity index is 1.66. The Bertz CT molecular complexity index is 2690. The number of hydrogen-bond donors (Lipinski definition) is 4. The zero-order valence-corrected chi connectivity index (χ0v) is 48.0. The van der Waals surface area contributed by atoms with Crippen LogP contribution in [0.3, 0.4) is 0 Å². The van der Waals surface area contributed by atoms with Gasteiger partial charge in [-0.2, -0.15) is 13.5 Å². The first kappa shape index (κ1) is 62.7. The van der Waals surface area contributed by atoms with Crippen LogP contribution in [0.5, 0.6) is 5.75 Å². The first-order chi connectivity index (χ1) is 35.0. The van der Waals surface area contributed by atoms with Crippen molar-refractivity contribution in [3.63, 3.8) is 0 Å². The summed E-state index contributed by atoms with van der Waals surface area (Å²) in [5.74, 6) is -3.10. The van der Waals surface area contributed by atoms with Gasteiger partial charge in [0, 0.05) is 18.5 Å². The van der Waals surface area contributed by atoms with Gasteiger partial charge in [0.25, 0.3) is 17.9 Å². The van der Waals surface area contributed by atoms with Crippen LogP contribution in [-0.4, -0.2) is 159 Å².